The van der Waals surface area contributed by atoms with Crippen LogP contribution < -0.4 is 5.73 Å². The maximum Gasteiger partial charge on any atom is 0.235 e. The molecule has 0 bridgehead atoms. The van der Waals surface area contributed by atoms with Crippen LogP contribution in [0.15, 0.2) is 5.16 Å². The van der Waals surface area contributed by atoms with Gasteiger partial charge in [0.1, 0.15) is 5.41 Å². The number of carbonyl (C=O) groups excluding carboxylic acids is 1. The average Bonchev–Trinajstić information content (AvgIpc) is 2.20. The Labute approximate surface area is 96.3 Å². The second-order valence-corrected chi connectivity index (χ2v) is 5.09. The third kappa shape index (κ3) is 2.46. The van der Waals surface area contributed by atoms with Gasteiger partial charge in [-0.2, -0.15) is 0 Å². The topological polar surface area (TPSA) is 78.9 Å². The minimum absolute atomic E-state index is 0.0436. The van der Waals surface area contributed by atoms with E-state index in [0.29, 0.717) is 5.92 Å². The first-order valence-electron chi connectivity index (χ1n) is 5.63. The highest BCUT2D eigenvalue weighted by molar-refractivity contribution is 6.05. The molecule has 1 aliphatic rings. The quantitative estimate of drug-likeness (QED) is 0.326. The van der Waals surface area contributed by atoms with Gasteiger partial charge in [0, 0.05) is 13.6 Å². The molecule has 3 N–H and O–H groups in total. The van der Waals surface area contributed by atoms with E-state index in [4.69, 9.17) is 10.9 Å². The SMILES string of the molecule is CN(CC1CCC1)C(=O)C(C)(C)C(N)=NO. The summed E-state index contributed by atoms with van der Waals surface area (Å²) in [6, 6.07) is 0. The van der Waals surface area contributed by atoms with Gasteiger partial charge in [0.15, 0.2) is 5.84 Å². The fourth-order valence-electron chi connectivity index (χ4n) is 1.86. The van der Waals surface area contributed by atoms with Gasteiger partial charge in [0.2, 0.25) is 5.91 Å². The average molecular weight is 227 g/mol. The summed E-state index contributed by atoms with van der Waals surface area (Å²) in [6.07, 6.45) is 3.65. The smallest absolute Gasteiger partial charge is 0.235 e. The predicted octanol–water partition coefficient (Wildman–Crippen LogP) is 1.02. The van der Waals surface area contributed by atoms with Gasteiger partial charge >= 0.3 is 0 Å². The number of amidine groups is 1. The van der Waals surface area contributed by atoms with Crippen molar-refractivity contribution in [3.8, 4) is 0 Å². The normalized spacial score (nSPS) is 18.1. The van der Waals surface area contributed by atoms with Gasteiger partial charge in [-0.25, -0.2) is 0 Å². The second kappa shape index (κ2) is 4.72. The molecule has 0 aromatic heterocycles. The molecule has 0 heterocycles. The van der Waals surface area contributed by atoms with Crippen LogP contribution in [0.2, 0.25) is 0 Å². The van der Waals surface area contributed by atoms with E-state index in [0.717, 1.165) is 6.54 Å². The largest absolute Gasteiger partial charge is 0.409 e. The minimum atomic E-state index is -0.937. The van der Waals surface area contributed by atoms with Crippen molar-refractivity contribution in [3.63, 3.8) is 0 Å². The number of rotatable bonds is 4. The Hall–Kier alpha value is -1.26. The van der Waals surface area contributed by atoms with Crippen LogP contribution in [0, 0.1) is 11.3 Å². The van der Waals surface area contributed by atoms with Crippen LogP contribution in [-0.2, 0) is 4.79 Å². The van der Waals surface area contributed by atoms with Crippen LogP contribution in [0.1, 0.15) is 33.1 Å². The number of carbonyl (C=O) groups is 1. The summed E-state index contributed by atoms with van der Waals surface area (Å²) >= 11 is 0. The molecule has 5 nitrogen and oxygen atoms in total. The molecule has 0 aromatic carbocycles. The fraction of sp³-hybridized carbons (Fsp3) is 0.818. The number of hydrogen-bond donors (Lipinski definition) is 2. The van der Waals surface area contributed by atoms with Crippen molar-refractivity contribution in [1.29, 1.82) is 0 Å². The van der Waals surface area contributed by atoms with Gasteiger partial charge in [-0.05, 0) is 32.6 Å². The maximum absolute atomic E-state index is 12.1. The third-order valence-corrected chi connectivity index (χ3v) is 3.39. The lowest BCUT2D eigenvalue weighted by molar-refractivity contribution is -0.136. The van der Waals surface area contributed by atoms with Crippen molar-refractivity contribution in [1.82, 2.24) is 4.90 Å². The van der Waals surface area contributed by atoms with Gasteiger partial charge in [0.05, 0.1) is 0 Å². The molecule has 5 heteroatoms. The van der Waals surface area contributed by atoms with Crippen molar-refractivity contribution >= 4 is 11.7 Å². The molecule has 0 aliphatic heterocycles. The van der Waals surface area contributed by atoms with Gasteiger partial charge < -0.3 is 15.8 Å². The van der Waals surface area contributed by atoms with E-state index in [1.807, 2.05) is 0 Å². The summed E-state index contributed by atoms with van der Waals surface area (Å²) in [7, 11) is 1.77. The van der Waals surface area contributed by atoms with E-state index in [-0.39, 0.29) is 11.7 Å². The Morgan fingerprint density at radius 1 is 1.56 bits per heavy atom. The number of oxime groups is 1. The maximum atomic E-state index is 12.1. The minimum Gasteiger partial charge on any atom is -0.409 e. The molecule has 0 radical (unpaired) electrons. The molecule has 0 atom stereocenters. The standard InChI is InChI=1S/C11H21N3O2/c1-11(2,9(12)13-16)10(15)14(3)7-8-5-4-6-8/h8,16H,4-7H2,1-3H3,(H2,12,13). The first kappa shape index (κ1) is 12.8. The second-order valence-electron chi connectivity index (χ2n) is 5.09. The van der Waals surface area contributed by atoms with Crippen LogP contribution in [0.5, 0.6) is 0 Å². The summed E-state index contributed by atoms with van der Waals surface area (Å²) in [5.41, 5.74) is 4.58. The first-order valence-corrected chi connectivity index (χ1v) is 5.63. The van der Waals surface area contributed by atoms with Crippen LogP contribution in [0.25, 0.3) is 0 Å². The number of nitrogens with two attached hydrogens (primary N) is 1. The Bertz CT molecular complexity index is 296. The predicted molar refractivity (Wildman–Crippen MR) is 62.2 cm³/mol. The highest BCUT2D eigenvalue weighted by atomic mass is 16.4. The van der Waals surface area contributed by atoms with Gasteiger partial charge in [-0.3, -0.25) is 4.79 Å². The molecule has 92 valence electrons. The van der Waals surface area contributed by atoms with Crippen molar-refractivity contribution in [2.45, 2.75) is 33.1 Å². The van der Waals surface area contributed by atoms with E-state index in [2.05, 4.69) is 5.16 Å². The molecule has 0 unspecified atom stereocenters. The molecule has 1 rings (SSSR count). The Morgan fingerprint density at radius 2 is 2.12 bits per heavy atom. The van der Waals surface area contributed by atoms with E-state index in [1.165, 1.54) is 19.3 Å². The Kier molecular flexibility index (Phi) is 3.78. The summed E-state index contributed by atoms with van der Waals surface area (Å²) in [6.45, 7) is 4.10. The molecule has 16 heavy (non-hydrogen) atoms. The van der Waals surface area contributed by atoms with Crippen molar-refractivity contribution in [3.05, 3.63) is 0 Å². The van der Waals surface area contributed by atoms with Crippen molar-refractivity contribution < 1.29 is 10.0 Å². The van der Waals surface area contributed by atoms with Crippen LogP contribution in [-0.4, -0.2) is 35.4 Å². The third-order valence-electron chi connectivity index (χ3n) is 3.39. The summed E-state index contributed by atoms with van der Waals surface area (Å²) in [5, 5.41) is 11.6. The van der Waals surface area contributed by atoms with Crippen LogP contribution in [0.3, 0.4) is 0 Å². The van der Waals surface area contributed by atoms with E-state index >= 15 is 0 Å². The van der Waals surface area contributed by atoms with Gasteiger partial charge in [-0.1, -0.05) is 11.6 Å². The Balaban J connectivity index is 2.60. The molecule has 0 saturated heterocycles. The van der Waals surface area contributed by atoms with E-state index < -0.39 is 5.41 Å². The molecule has 1 fully saturated rings. The number of amides is 1. The zero-order valence-corrected chi connectivity index (χ0v) is 10.2. The van der Waals surface area contributed by atoms with Crippen LogP contribution in [0.4, 0.5) is 0 Å². The molecular weight excluding hydrogens is 206 g/mol. The molecule has 1 saturated carbocycles. The van der Waals surface area contributed by atoms with Gasteiger partial charge in [0.25, 0.3) is 0 Å². The molecule has 1 amide bonds. The Morgan fingerprint density at radius 3 is 2.50 bits per heavy atom. The zero-order chi connectivity index (χ0) is 12.3. The van der Waals surface area contributed by atoms with Crippen molar-refractivity contribution in [2.75, 3.05) is 13.6 Å². The van der Waals surface area contributed by atoms with Crippen LogP contribution >= 0.6 is 0 Å². The fourth-order valence-corrected chi connectivity index (χ4v) is 1.86. The number of nitrogens with zero attached hydrogens (tertiary/aromatic N) is 2. The monoisotopic (exact) mass is 227 g/mol. The summed E-state index contributed by atoms with van der Waals surface area (Å²) in [4.78, 5) is 13.8. The lowest BCUT2D eigenvalue weighted by atomic mass is 9.84. The molecular formula is C11H21N3O2. The lowest BCUT2D eigenvalue weighted by Gasteiger charge is -2.34. The van der Waals surface area contributed by atoms with Gasteiger partial charge in [-0.15, -0.1) is 0 Å². The number of hydrogen-bond acceptors (Lipinski definition) is 3. The highest BCUT2D eigenvalue weighted by Gasteiger charge is 2.36. The van der Waals surface area contributed by atoms with Crippen molar-refractivity contribution in [2.24, 2.45) is 22.2 Å². The molecule has 0 spiro atoms. The summed E-state index contributed by atoms with van der Waals surface area (Å²) in [5.74, 6) is 0.477. The molecule has 1 aliphatic carbocycles. The highest BCUT2D eigenvalue weighted by Crippen LogP contribution is 2.28. The first-order chi connectivity index (χ1) is 7.39. The summed E-state index contributed by atoms with van der Waals surface area (Å²) < 4.78 is 0. The molecule has 0 aromatic rings. The zero-order valence-electron chi connectivity index (χ0n) is 10.2. The van der Waals surface area contributed by atoms with E-state index in [9.17, 15) is 4.79 Å². The lowest BCUT2D eigenvalue weighted by Crippen LogP contribution is -2.48. The van der Waals surface area contributed by atoms with E-state index in [1.54, 1.807) is 25.8 Å².